The van der Waals surface area contributed by atoms with Crippen LogP contribution in [0, 0.1) is 0 Å². The van der Waals surface area contributed by atoms with Crippen LogP contribution in [0.25, 0.3) is 10.8 Å². The summed E-state index contributed by atoms with van der Waals surface area (Å²) in [4.78, 5) is 0. The molecule has 0 fully saturated rings. The lowest BCUT2D eigenvalue weighted by Gasteiger charge is -2.08. The normalized spacial score (nSPS) is 11.1. The van der Waals surface area contributed by atoms with Crippen molar-refractivity contribution in [2.24, 2.45) is 0 Å². The third-order valence-corrected chi connectivity index (χ3v) is 4.63. The maximum atomic E-state index is 3.65. The average molecular weight is 348 g/mol. The highest BCUT2D eigenvalue weighted by Crippen LogP contribution is 2.27. The zero-order valence-electron chi connectivity index (χ0n) is 13.0. The van der Waals surface area contributed by atoms with Crippen LogP contribution in [0.2, 0.25) is 0 Å². The third kappa shape index (κ3) is 5.12. The summed E-state index contributed by atoms with van der Waals surface area (Å²) in [7, 11) is 0. The second kappa shape index (κ2) is 9.22. The molecule has 0 spiro atoms. The van der Waals surface area contributed by atoms with Gasteiger partial charge >= 0.3 is 0 Å². The van der Waals surface area contributed by atoms with Gasteiger partial charge in [-0.05, 0) is 61.2 Å². The number of hydrogen-bond donors (Lipinski definition) is 1. The van der Waals surface area contributed by atoms with Crippen LogP contribution >= 0.6 is 15.9 Å². The van der Waals surface area contributed by atoms with Crippen LogP contribution in [0.1, 0.15) is 44.6 Å². The van der Waals surface area contributed by atoms with Crippen LogP contribution in [0.5, 0.6) is 0 Å². The first kappa shape index (κ1) is 16.5. The number of halogens is 1. The van der Waals surface area contributed by atoms with Crippen molar-refractivity contribution in [3.63, 3.8) is 0 Å². The summed E-state index contributed by atoms with van der Waals surface area (Å²) in [5, 5.41) is 6.20. The van der Waals surface area contributed by atoms with E-state index in [1.807, 2.05) is 0 Å². The van der Waals surface area contributed by atoms with E-state index in [2.05, 4.69) is 64.6 Å². The van der Waals surface area contributed by atoms with Crippen molar-refractivity contribution in [2.45, 2.75) is 45.4 Å². The van der Waals surface area contributed by atoms with Gasteiger partial charge in [-0.3, -0.25) is 0 Å². The smallest absolute Gasteiger partial charge is 0.0253 e. The van der Waals surface area contributed by atoms with Crippen molar-refractivity contribution in [1.82, 2.24) is 5.32 Å². The van der Waals surface area contributed by atoms with E-state index in [1.54, 1.807) is 0 Å². The van der Waals surface area contributed by atoms with Gasteiger partial charge in [-0.2, -0.15) is 0 Å². The lowest BCUT2D eigenvalue weighted by Crippen LogP contribution is -2.15. The van der Waals surface area contributed by atoms with Gasteiger partial charge in [0.15, 0.2) is 0 Å². The van der Waals surface area contributed by atoms with E-state index in [-0.39, 0.29) is 0 Å². The monoisotopic (exact) mass is 347 g/mol. The summed E-state index contributed by atoms with van der Waals surface area (Å²) in [6, 6.07) is 13.1. The minimum absolute atomic E-state index is 1.16. The number of fused-ring (bicyclic) bond motifs is 1. The largest absolute Gasteiger partial charge is 0.317 e. The van der Waals surface area contributed by atoms with Crippen LogP contribution < -0.4 is 5.32 Å². The molecule has 2 aromatic rings. The zero-order valence-corrected chi connectivity index (χ0v) is 14.6. The Kier molecular flexibility index (Phi) is 7.25. The lowest BCUT2D eigenvalue weighted by atomic mass is 9.99. The summed E-state index contributed by atoms with van der Waals surface area (Å²) in [6.45, 7) is 4.55. The maximum absolute atomic E-state index is 3.65. The van der Waals surface area contributed by atoms with Crippen molar-refractivity contribution in [1.29, 1.82) is 0 Å². The van der Waals surface area contributed by atoms with Crippen molar-refractivity contribution in [3.8, 4) is 0 Å². The summed E-state index contributed by atoms with van der Waals surface area (Å²) in [5.41, 5.74) is 1.48. The molecule has 0 radical (unpaired) electrons. The third-order valence-electron chi connectivity index (χ3n) is 3.94. The molecular formula is C19H26BrN. The molecule has 21 heavy (non-hydrogen) atoms. The molecule has 1 N–H and O–H groups in total. The van der Waals surface area contributed by atoms with E-state index in [4.69, 9.17) is 0 Å². The van der Waals surface area contributed by atoms with Crippen molar-refractivity contribution < 1.29 is 0 Å². The van der Waals surface area contributed by atoms with E-state index in [0.717, 1.165) is 6.54 Å². The Morgan fingerprint density at radius 2 is 1.62 bits per heavy atom. The highest BCUT2D eigenvalue weighted by Gasteiger charge is 2.03. The van der Waals surface area contributed by atoms with Crippen molar-refractivity contribution in [2.75, 3.05) is 13.1 Å². The molecule has 0 heterocycles. The number of nitrogens with one attached hydrogen (secondary N) is 1. The van der Waals surface area contributed by atoms with Gasteiger partial charge in [-0.25, -0.2) is 0 Å². The fourth-order valence-corrected chi connectivity index (χ4v) is 3.24. The molecule has 2 rings (SSSR count). The van der Waals surface area contributed by atoms with Gasteiger partial charge in [-0.1, -0.05) is 66.0 Å². The quantitative estimate of drug-likeness (QED) is 0.573. The molecule has 0 bridgehead atoms. The van der Waals surface area contributed by atoms with Gasteiger partial charge in [0.25, 0.3) is 0 Å². The minimum atomic E-state index is 1.16. The number of rotatable bonds is 9. The second-order valence-corrected chi connectivity index (χ2v) is 6.52. The highest BCUT2D eigenvalue weighted by atomic mass is 79.9. The molecule has 2 heteroatoms. The van der Waals surface area contributed by atoms with E-state index >= 15 is 0 Å². The standard InChI is InChI=1S/C19H26BrN/c1-2-14-21-15-8-4-3-5-9-16-12-13-19(20)18-11-7-6-10-17(16)18/h6-7,10-13,21H,2-5,8-9,14-15H2,1H3. The first-order valence-electron chi connectivity index (χ1n) is 8.19. The first-order chi connectivity index (χ1) is 10.3. The van der Waals surface area contributed by atoms with E-state index < -0.39 is 0 Å². The summed E-state index contributed by atoms with van der Waals surface area (Å²) < 4.78 is 1.20. The Morgan fingerprint density at radius 1 is 0.857 bits per heavy atom. The van der Waals surface area contributed by atoms with E-state index in [1.165, 1.54) is 65.9 Å². The Morgan fingerprint density at radius 3 is 2.43 bits per heavy atom. The summed E-state index contributed by atoms with van der Waals surface area (Å²) >= 11 is 3.65. The van der Waals surface area contributed by atoms with Gasteiger partial charge in [0.1, 0.15) is 0 Å². The highest BCUT2D eigenvalue weighted by molar-refractivity contribution is 9.10. The van der Waals surface area contributed by atoms with Crippen molar-refractivity contribution >= 4 is 26.7 Å². The topological polar surface area (TPSA) is 12.0 Å². The zero-order chi connectivity index (χ0) is 14.9. The summed E-state index contributed by atoms with van der Waals surface area (Å²) in [6.07, 6.45) is 7.69. The minimum Gasteiger partial charge on any atom is -0.317 e. The molecule has 0 aromatic heterocycles. The Hall–Kier alpha value is -0.860. The molecule has 0 aliphatic carbocycles. The van der Waals surface area contributed by atoms with Crippen LogP contribution in [-0.4, -0.2) is 13.1 Å². The molecule has 0 amide bonds. The first-order valence-corrected chi connectivity index (χ1v) is 8.99. The Balaban J connectivity index is 1.78. The molecule has 1 nitrogen and oxygen atoms in total. The number of hydrogen-bond acceptors (Lipinski definition) is 1. The van der Waals surface area contributed by atoms with Crippen LogP contribution in [0.4, 0.5) is 0 Å². The van der Waals surface area contributed by atoms with E-state index in [0.29, 0.717) is 0 Å². The van der Waals surface area contributed by atoms with Crippen molar-refractivity contribution in [3.05, 3.63) is 46.4 Å². The average Bonchev–Trinajstić information content (AvgIpc) is 2.52. The number of aryl methyl sites for hydroxylation is 1. The molecule has 0 unspecified atom stereocenters. The molecular weight excluding hydrogens is 322 g/mol. The molecule has 0 aliphatic heterocycles. The molecule has 2 aromatic carbocycles. The molecule has 0 aliphatic rings. The predicted molar refractivity (Wildman–Crippen MR) is 97.0 cm³/mol. The van der Waals surface area contributed by atoms with Gasteiger partial charge < -0.3 is 5.32 Å². The van der Waals surface area contributed by atoms with Gasteiger partial charge in [0.05, 0.1) is 0 Å². The summed E-state index contributed by atoms with van der Waals surface area (Å²) in [5.74, 6) is 0. The number of unbranched alkanes of at least 4 members (excludes halogenated alkanes) is 3. The van der Waals surface area contributed by atoms with Gasteiger partial charge in [0, 0.05) is 4.47 Å². The van der Waals surface area contributed by atoms with Crippen LogP contribution in [0.15, 0.2) is 40.9 Å². The van der Waals surface area contributed by atoms with Gasteiger partial charge in [0.2, 0.25) is 0 Å². The molecule has 0 saturated heterocycles. The lowest BCUT2D eigenvalue weighted by molar-refractivity contribution is 0.585. The van der Waals surface area contributed by atoms with E-state index in [9.17, 15) is 0 Å². The van der Waals surface area contributed by atoms with Crippen LogP contribution in [0.3, 0.4) is 0 Å². The predicted octanol–water partition coefficient (Wildman–Crippen LogP) is 5.70. The molecule has 114 valence electrons. The second-order valence-electron chi connectivity index (χ2n) is 5.67. The Bertz CT molecular complexity index is 550. The Labute approximate surface area is 137 Å². The SMILES string of the molecule is CCCNCCCCCCc1ccc(Br)c2ccccc12. The fourth-order valence-electron chi connectivity index (χ4n) is 2.76. The molecule has 0 saturated carbocycles. The van der Waals surface area contributed by atoms with Gasteiger partial charge in [-0.15, -0.1) is 0 Å². The van der Waals surface area contributed by atoms with Crippen LogP contribution in [-0.2, 0) is 6.42 Å². The molecule has 0 atom stereocenters. The fraction of sp³-hybridized carbons (Fsp3) is 0.474. The number of benzene rings is 2. The maximum Gasteiger partial charge on any atom is 0.0253 e.